The molecule has 120 valence electrons. The number of hydrogen-bond donors (Lipinski definition) is 1. The average Bonchev–Trinajstić information content (AvgIpc) is 2.42. The molecule has 1 rings (SSSR count). The maximum Gasteiger partial charge on any atom is 0.193 e. The number of rotatable bonds is 7. The highest BCUT2D eigenvalue weighted by Gasteiger charge is 2.40. The Balaban J connectivity index is 2.98. The Morgan fingerprint density at radius 3 is 2.19 bits per heavy atom. The van der Waals surface area contributed by atoms with Gasteiger partial charge in [-0.3, -0.25) is 0 Å². The molecule has 2 nitrogen and oxygen atoms in total. The van der Waals surface area contributed by atoms with Crippen molar-refractivity contribution in [2.45, 2.75) is 77.3 Å². The van der Waals surface area contributed by atoms with Gasteiger partial charge in [0.15, 0.2) is 8.32 Å². The second-order valence-corrected chi connectivity index (χ2v) is 12.2. The standard InChI is InChI=1S/C18H32O2Si/c1-7-8-14-16(19)17(15-12-10-9-11-13-15)20-21(5,6)18(2,3)4/h9-13,16-17,19H,7-8,14H2,1-6H3/t16-,17-/m0/s1. The van der Waals surface area contributed by atoms with Crippen LogP contribution in [-0.4, -0.2) is 19.5 Å². The van der Waals surface area contributed by atoms with Crippen LogP contribution in [0.4, 0.5) is 0 Å². The van der Waals surface area contributed by atoms with Gasteiger partial charge in [-0.05, 0) is 30.1 Å². The minimum Gasteiger partial charge on any atom is -0.407 e. The maximum absolute atomic E-state index is 10.6. The van der Waals surface area contributed by atoms with E-state index in [1.54, 1.807) is 0 Å². The van der Waals surface area contributed by atoms with Gasteiger partial charge in [-0.15, -0.1) is 0 Å². The topological polar surface area (TPSA) is 29.5 Å². The average molecular weight is 309 g/mol. The lowest BCUT2D eigenvalue weighted by atomic mass is 10.0. The summed E-state index contributed by atoms with van der Waals surface area (Å²) in [5.74, 6) is 0. The van der Waals surface area contributed by atoms with Crippen molar-refractivity contribution in [1.82, 2.24) is 0 Å². The summed E-state index contributed by atoms with van der Waals surface area (Å²) in [6.07, 6.45) is 2.29. The van der Waals surface area contributed by atoms with Gasteiger partial charge in [-0.25, -0.2) is 0 Å². The lowest BCUT2D eigenvalue weighted by molar-refractivity contribution is 0.0200. The zero-order chi connectivity index (χ0) is 16.1. The van der Waals surface area contributed by atoms with Crippen LogP contribution < -0.4 is 0 Å². The zero-order valence-electron chi connectivity index (χ0n) is 14.5. The lowest BCUT2D eigenvalue weighted by Gasteiger charge is -2.40. The Bertz CT molecular complexity index is 409. The third kappa shape index (κ3) is 5.24. The summed E-state index contributed by atoms with van der Waals surface area (Å²) < 4.78 is 6.54. The van der Waals surface area contributed by atoms with Gasteiger partial charge >= 0.3 is 0 Å². The minimum absolute atomic E-state index is 0.143. The Hall–Kier alpha value is -0.643. The van der Waals surface area contributed by atoms with E-state index in [4.69, 9.17) is 4.43 Å². The summed E-state index contributed by atoms with van der Waals surface area (Å²) in [6.45, 7) is 13.4. The van der Waals surface area contributed by atoms with E-state index in [0.29, 0.717) is 0 Å². The fraction of sp³-hybridized carbons (Fsp3) is 0.667. The van der Waals surface area contributed by atoms with Crippen LogP contribution >= 0.6 is 0 Å². The van der Waals surface area contributed by atoms with Crippen LogP contribution in [0.5, 0.6) is 0 Å². The molecule has 0 aliphatic rings. The van der Waals surface area contributed by atoms with Crippen molar-refractivity contribution in [3.8, 4) is 0 Å². The van der Waals surface area contributed by atoms with Crippen LogP contribution in [0.1, 0.15) is 58.6 Å². The van der Waals surface area contributed by atoms with Gasteiger partial charge in [0.2, 0.25) is 0 Å². The van der Waals surface area contributed by atoms with Crippen LogP contribution in [-0.2, 0) is 4.43 Å². The third-order valence-corrected chi connectivity index (χ3v) is 9.01. The molecule has 0 heterocycles. The van der Waals surface area contributed by atoms with E-state index in [0.717, 1.165) is 24.8 Å². The molecule has 0 aliphatic carbocycles. The Morgan fingerprint density at radius 2 is 1.71 bits per heavy atom. The Labute approximate surface area is 131 Å². The second kappa shape index (κ2) is 7.57. The molecule has 21 heavy (non-hydrogen) atoms. The summed E-state index contributed by atoms with van der Waals surface area (Å²) in [7, 11) is -1.91. The molecule has 0 saturated heterocycles. The fourth-order valence-electron chi connectivity index (χ4n) is 2.07. The molecule has 0 unspecified atom stereocenters. The van der Waals surface area contributed by atoms with Gasteiger partial charge in [-0.1, -0.05) is 70.9 Å². The molecule has 1 aromatic carbocycles. The maximum atomic E-state index is 10.6. The van der Waals surface area contributed by atoms with Crippen LogP contribution in [0.15, 0.2) is 30.3 Å². The summed E-state index contributed by atoms with van der Waals surface area (Å²) in [6, 6.07) is 10.2. The molecular formula is C18H32O2Si. The van der Waals surface area contributed by atoms with Crippen LogP contribution in [0.3, 0.4) is 0 Å². The summed E-state index contributed by atoms with van der Waals surface area (Å²) >= 11 is 0. The number of hydrogen-bond acceptors (Lipinski definition) is 2. The Kier molecular flexibility index (Phi) is 6.63. The van der Waals surface area contributed by atoms with E-state index in [-0.39, 0.29) is 11.1 Å². The van der Waals surface area contributed by atoms with E-state index in [1.807, 2.05) is 18.2 Å². The predicted molar refractivity (Wildman–Crippen MR) is 93.0 cm³/mol. The molecule has 0 aliphatic heterocycles. The number of benzene rings is 1. The fourth-order valence-corrected chi connectivity index (χ4v) is 3.35. The van der Waals surface area contributed by atoms with Crippen LogP contribution in [0.2, 0.25) is 18.1 Å². The van der Waals surface area contributed by atoms with E-state index >= 15 is 0 Å². The van der Waals surface area contributed by atoms with Crippen molar-refractivity contribution < 1.29 is 9.53 Å². The van der Waals surface area contributed by atoms with E-state index in [2.05, 4.69) is 52.9 Å². The van der Waals surface area contributed by atoms with Crippen molar-refractivity contribution in [2.24, 2.45) is 0 Å². The first-order valence-electron chi connectivity index (χ1n) is 8.10. The van der Waals surface area contributed by atoms with Gasteiger partial charge in [-0.2, -0.15) is 0 Å². The second-order valence-electron chi connectivity index (χ2n) is 7.42. The minimum atomic E-state index is -1.91. The van der Waals surface area contributed by atoms with Crippen LogP contribution in [0, 0.1) is 0 Å². The smallest absolute Gasteiger partial charge is 0.193 e. The highest BCUT2D eigenvalue weighted by molar-refractivity contribution is 6.74. The van der Waals surface area contributed by atoms with Crippen molar-refractivity contribution in [3.63, 3.8) is 0 Å². The summed E-state index contributed by atoms with van der Waals surface area (Å²) in [5.41, 5.74) is 1.09. The normalized spacial score (nSPS) is 15.8. The van der Waals surface area contributed by atoms with E-state index < -0.39 is 14.4 Å². The van der Waals surface area contributed by atoms with E-state index in [1.165, 1.54) is 0 Å². The van der Waals surface area contributed by atoms with Gasteiger partial charge in [0.25, 0.3) is 0 Å². The molecule has 0 amide bonds. The molecule has 3 heteroatoms. The molecule has 0 aromatic heterocycles. The van der Waals surface area contributed by atoms with Gasteiger partial charge < -0.3 is 9.53 Å². The van der Waals surface area contributed by atoms with Gasteiger partial charge in [0.05, 0.1) is 12.2 Å². The van der Waals surface area contributed by atoms with Crippen LogP contribution in [0.25, 0.3) is 0 Å². The van der Waals surface area contributed by atoms with Gasteiger partial charge in [0.1, 0.15) is 0 Å². The number of aliphatic hydroxyl groups is 1. The molecule has 1 N–H and O–H groups in total. The number of unbranched alkanes of at least 4 members (excludes halogenated alkanes) is 1. The summed E-state index contributed by atoms with van der Waals surface area (Å²) in [5, 5.41) is 10.8. The quantitative estimate of drug-likeness (QED) is 0.692. The van der Waals surface area contributed by atoms with Crippen molar-refractivity contribution >= 4 is 8.32 Å². The first-order valence-corrected chi connectivity index (χ1v) is 11.0. The first-order chi connectivity index (χ1) is 9.69. The van der Waals surface area contributed by atoms with E-state index in [9.17, 15) is 5.11 Å². The lowest BCUT2D eigenvalue weighted by Crippen LogP contribution is -2.44. The largest absolute Gasteiger partial charge is 0.407 e. The molecule has 0 spiro atoms. The van der Waals surface area contributed by atoms with Crippen molar-refractivity contribution in [1.29, 1.82) is 0 Å². The molecular weight excluding hydrogens is 276 g/mol. The first kappa shape index (κ1) is 18.4. The van der Waals surface area contributed by atoms with Crippen molar-refractivity contribution in [2.75, 3.05) is 0 Å². The summed E-state index contributed by atoms with van der Waals surface area (Å²) in [4.78, 5) is 0. The predicted octanol–water partition coefficient (Wildman–Crippen LogP) is 5.30. The molecule has 0 fully saturated rings. The zero-order valence-corrected chi connectivity index (χ0v) is 15.5. The van der Waals surface area contributed by atoms with Gasteiger partial charge in [0, 0.05) is 0 Å². The molecule has 1 aromatic rings. The molecule has 2 atom stereocenters. The third-order valence-electron chi connectivity index (χ3n) is 4.56. The SMILES string of the molecule is CCCC[C@H](O)[C@@H](O[Si](C)(C)C(C)(C)C)c1ccccc1. The monoisotopic (exact) mass is 308 g/mol. The van der Waals surface area contributed by atoms with Crippen molar-refractivity contribution in [3.05, 3.63) is 35.9 Å². The molecule has 0 saturated carbocycles. The highest BCUT2D eigenvalue weighted by atomic mass is 28.4. The number of aliphatic hydroxyl groups excluding tert-OH is 1. The Morgan fingerprint density at radius 1 is 1.14 bits per heavy atom. The highest BCUT2D eigenvalue weighted by Crippen LogP contribution is 2.41. The molecule has 0 radical (unpaired) electrons. The molecule has 0 bridgehead atoms.